The van der Waals surface area contributed by atoms with Crippen LogP contribution in [0.1, 0.15) is 38.3 Å². The lowest BCUT2D eigenvalue weighted by Crippen LogP contribution is -2.30. The zero-order chi connectivity index (χ0) is 19.4. The van der Waals surface area contributed by atoms with Crippen LogP contribution in [-0.4, -0.2) is 47.0 Å². The number of unbranched alkanes of at least 4 members (excludes halogenated alkanes) is 1. The number of tetrazole rings is 1. The third-order valence-corrected chi connectivity index (χ3v) is 4.40. The second kappa shape index (κ2) is 8.07. The lowest BCUT2D eigenvalue weighted by atomic mass is 9.94. The van der Waals surface area contributed by atoms with E-state index in [1.165, 1.54) is 0 Å². The standard InChI is InChI=1S/C18H23N5O4/c1-5-6-9-27-17(24)15-11(2)19-18-20-21-22-23(18)16(15)13-10-12(25-3)7-8-14(13)26-4/h7-8,10,16H,5-6,9H2,1-4H3,(H,19,20,22)/t16-/m0/s1. The number of allylic oxidation sites excluding steroid dienone is 1. The van der Waals surface area contributed by atoms with Gasteiger partial charge in [-0.3, -0.25) is 0 Å². The van der Waals surface area contributed by atoms with Gasteiger partial charge in [-0.25, -0.2) is 4.79 Å². The van der Waals surface area contributed by atoms with Gasteiger partial charge in [0.1, 0.15) is 17.5 Å². The number of methoxy groups -OCH3 is 2. The predicted molar refractivity (Wildman–Crippen MR) is 97.7 cm³/mol. The number of benzene rings is 1. The minimum absolute atomic E-state index is 0.358. The molecule has 1 aromatic carbocycles. The number of nitrogens with one attached hydrogen (secondary N) is 1. The molecule has 1 aliphatic heterocycles. The van der Waals surface area contributed by atoms with Gasteiger partial charge in [-0.05, 0) is 42.0 Å². The summed E-state index contributed by atoms with van der Waals surface area (Å²) >= 11 is 0. The Morgan fingerprint density at radius 3 is 2.81 bits per heavy atom. The van der Waals surface area contributed by atoms with Crippen molar-refractivity contribution in [2.75, 3.05) is 26.1 Å². The molecule has 0 bridgehead atoms. The normalized spacial score (nSPS) is 15.8. The molecular weight excluding hydrogens is 350 g/mol. The molecule has 0 saturated carbocycles. The van der Waals surface area contributed by atoms with Crippen molar-refractivity contribution in [3.05, 3.63) is 35.0 Å². The first kappa shape index (κ1) is 18.7. The molecule has 0 spiro atoms. The summed E-state index contributed by atoms with van der Waals surface area (Å²) in [6.07, 6.45) is 1.74. The molecule has 9 nitrogen and oxygen atoms in total. The molecule has 9 heteroatoms. The fourth-order valence-electron chi connectivity index (χ4n) is 3.00. The van der Waals surface area contributed by atoms with Gasteiger partial charge in [-0.1, -0.05) is 18.4 Å². The summed E-state index contributed by atoms with van der Waals surface area (Å²) in [6.45, 7) is 4.20. The fraction of sp³-hybridized carbons (Fsp3) is 0.444. The highest BCUT2D eigenvalue weighted by molar-refractivity contribution is 5.92. The van der Waals surface area contributed by atoms with Crippen LogP contribution in [0, 0.1) is 0 Å². The van der Waals surface area contributed by atoms with Crippen molar-refractivity contribution in [2.24, 2.45) is 0 Å². The third-order valence-electron chi connectivity index (χ3n) is 4.40. The molecule has 0 saturated heterocycles. The molecule has 0 amide bonds. The van der Waals surface area contributed by atoms with E-state index >= 15 is 0 Å². The maximum absolute atomic E-state index is 12.9. The van der Waals surface area contributed by atoms with Gasteiger partial charge in [0.2, 0.25) is 5.95 Å². The Morgan fingerprint density at radius 1 is 1.30 bits per heavy atom. The summed E-state index contributed by atoms with van der Waals surface area (Å²) in [4.78, 5) is 12.9. The fourth-order valence-corrected chi connectivity index (χ4v) is 3.00. The maximum atomic E-state index is 12.9. The number of fused-ring (bicyclic) bond motifs is 1. The Hall–Kier alpha value is -3.10. The van der Waals surface area contributed by atoms with Gasteiger partial charge in [0, 0.05) is 11.3 Å². The first-order valence-corrected chi connectivity index (χ1v) is 8.75. The number of hydrogen-bond acceptors (Lipinski definition) is 8. The van der Waals surface area contributed by atoms with Crippen LogP contribution in [0.3, 0.4) is 0 Å². The van der Waals surface area contributed by atoms with E-state index in [1.807, 2.05) is 13.0 Å². The van der Waals surface area contributed by atoms with Crippen LogP contribution in [0.15, 0.2) is 29.5 Å². The quantitative estimate of drug-likeness (QED) is 0.583. The molecular formula is C18H23N5O4. The Balaban J connectivity index is 2.10. The average Bonchev–Trinajstić information content (AvgIpc) is 3.14. The molecule has 144 valence electrons. The highest BCUT2D eigenvalue weighted by Gasteiger charge is 2.36. The molecule has 27 heavy (non-hydrogen) atoms. The average molecular weight is 373 g/mol. The highest BCUT2D eigenvalue weighted by Crippen LogP contribution is 2.40. The molecule has 2 heterocycles. The lowest BCUT2D eigenvalue weighted by molar-refractivity contribution is -0.139. The monoisotopic (exact) mass is 373 g/mol. The molecule has 0 aliphatic carbocycles. The van der Waals surface area contributed by atoms with Gasteiger partial charge in [-0.15, -0.1) is 0 Å². The largest absolute Gasteiger partial charge is 0.497 e. The highest BCUT2D eigenvalue weighted by atomic mass is 16.5. The summed E-state index contributed by atoms with van der Waals surface area (Å²) in [5, 5.41) is 14.8. The molecule has 1 atom stereocenters. The van der Waals surface area contributed by atoms with E-state index in [0.29, 0.717) is 40.9 Å². The molecule has 1 aromatic heterocycles. The first-order valence-electron chi connectivity index (χ1n) is 8.75. The van der Waals surface area contributed by atoms with Crippen molar-refractivity contribution < 1.29 is 19.0 Å². The summed E-state index contributed by atoms with van der Waals surface area (Å²) in [7, 11) is 3.15. The Labute approximate surface area is 157 Å². The first-order chi connectivity index (χ1) is 13.1. The van der Waals surface area contributed by atoms with Crippen molar-refractivity contribution in [3.8, 4) is 11.5 Å². The second-order valence-corrected chi connectivity index (χ2v) is 6.11. The van der Waals surface area contributed by atoms with E-state index in [4.69, 9.17) is 14.2 Å². The predicted octanol–water partition coefficient (Wildman–Crippen LogP) is 2.32. The molecule has 2 aromatic rings. The van der Waals surface area contributed by atoms with Gasteiger partial charge in [0.05, 0.1) is 26.4 Å². The number of rotatable bonds is 7. The van der Waals surface area contributed by atoms with E-state index in [2.05, 4.69) is 20.8 Å². The molecule has 1 aliphatic rings. The van der Waals surface area contributed by atoms with Crippen molar-refractivity contribution >= 4 is 11.9 Å². The number of nitrogens with zero attached hydrogens (tertiary/aromatic N) is 4. The van der Waals surface area contributed by atoms with Gasteiger partial charge in [0.25, 0.3) is 0 Å². The Morgan fingerprint density at radius 2 is 2.11 bits per heavy atom. The minimum atomic E-state index is -0.601. The van der Waals surface area contributed by atoms with Gasteiger partial charge in [-0.2, -0.15) is 4.68 Å². The van der Waals surface area contributed by atoms with Gasteiger partial charge in [0.15, 0.2) is 0 Å². The maximum Gasteiger partial charge on any atom is 0.338 e. The zero-order valence-electron chi connectivity index (χ0n) is 15.9. The van der Waals surface area contributed by atoms with Crippen LogP contribution in [0.2, 0.25) is 0 Å². The molecule has 1 N–H and O–H groups in total. The number of hydrogen-bond donors (Lipinski definition) is 1. The smallest absolute Gasteiger partial charge is 0.338 e. The van der Waals surface area contributed by atoms with E-state index in [1.54, 1.807) is 38.0 Å². The van der Waals surface area contributed by atoms with Crippen molar-refractivity contribution in [2.45, 2.75) is 32.7 Å². The van der Waals surface area contributed by atoms with Crippen LogP contribution in [0.5, 0.6) is 11.5 Å². The van der Waals surface area contributed by atoms with Crippen molar-refractivity contribution in [1.29, 1.82) is 0 Å². The summed E-state index contributed by atoms with van der Waals surface area (Å²) in [6, 6.07) is 4.79. The Bertz CT molecular complexity index is 861. The van der Waals surface area contributed by atoms with Crippen LogP contribution < -0.4 is 14.8 Å². The minimum Gasteiger partial charge on any atom is -0.497 e. The number of carbonyl (C=O) groups is 1. The van der Waals surface area contributed by atoms with E-state index < -0.39 is 12.0 Å². The van der Waals surface area contributed by atoms with Crippen LogP contribution in [-0.2, 0) is 9.53 Å². The number of carbonyl (C=O) groups excluding carboxylic acids is 1. The van der Waals surface area contributed by atoms with Crippen LogP contribution in [0.4, 0.5) is 5.95 Å². The van der Waals surface area contributed by atoms with E-state index in [9.17, 15) is 4.79 Å². The zero-order valence-corrected chi connectivity index (χ0v) is 15.9. The summed E-state index contributed by atoms with van der Waals surface area (Å²) in [5.74, 6) is 1.25. The van der Waals surface area contributed by atoms with Crippen molar-refractivity contribution in [3.63, 3.8) is 0 Å². The van der Waals surface area contributed by atoms with Crippen molar-refractivity contribution in [1.82, 2.24) is 20.2 Å². The van der Waals surface area contributed by atoms with Gasteiger partial charge < -0.3 is 19.5 Å². The van der Waals surface area contributed by atoms with Crippen LogP contribution >= 0.6 is 0 Å². The number of aromatic nitrogens is 4. The van der Waals surface area contributed by atoms with E-state index in [0.717, 1.165) is 12.8 Å². The molecule has 0 fully saturated rings. The van der Waals surface area contributed by atoms with E-state index in [-0.39, 0.29) is 0 Å². The van der Waals surface area contributed by atoms with Crippen LogP contribution in [0.25, 0.3) is 0 Å². The SMILES string of the molecule is CCCCOC(=O)C1=C(C)Nc2nnnn2[C@H]1c1cc(OC)ccc1OC. The molecule has 3 rings (SSSR count). The number of esters is 1. The molecule has 0 unspecified atom stereocenters. The third kappa shape index (κ3) is 3.57. The lowest BCUT2D eigenvalue weighted by Gasteiger charge is -2.28. The Kier molecular flexibility index (Phi) is 5.58. The summed E-state index contributed by atoms with van der Waals surface area (Å²) < 4.78 is 17.9. The molecule has 0 radical (unpaired) electrons. The van der Waals surface area contributed by atoms with Gasteiger partial charge >= 0.3 is 5.97 Å². The number of anilines is 1. The second-order valence-electron chi connectivity index (χ2n) is 6.11. The number of ether oxygens (including phenoxy) is 3. The topological polar surface area (TPSA) is 100 Å². The summed E-state index contributed by atoms with van der Waals surface area (Å²) in [5.41, 5.74) is 1.76.